The minimum Gasteiger partial charge on any atom is -0.392 e. The molecular formula is C16H21N3OS. The van der Waals surface area contributed by atoms with Gasteiger partial charge in [-0.15, -0.1) is 0 Å². The molecule has 0 saturated heterocycles. The van der Waals surface area contributed by atoms with Crippen LogP contribution >= 0.6 is 12.2 Å². The smallest absolute Gasteiger partial charge is 0.240 e. The van der Waals surface area contributed by atoms with E-state index in [0.29, 0.717) is 11.5 Å². The highest BCUT2D eigenvalue weighted by atomic mass is 32.1. The van der Waals surface area contributed by atoms with Gasteiger partial charge in [-0.2, -0.15) is 0 Å². The standard InChI is InChI=1S/C16H21N3OS/c1-18-10-11-19(13-7-3-2-6-12(13)18)15(20)16(14(17)21)8-4-5-9-16/h2-3,6-7H,4-5,8-11H2,1H3,(H2,17,21). The van der Waals surface area contributed by atoms with Crippen molar-refractivity contribution in [1.82, 2.24) is 0 Å². The lowest BCUT2D eigenvalue weighted by Crippen LogP contribution is -2.52. The number of carbonyl (C=O) groups excluding carboxylic acids is 1. The number of hydrogen-bond acceptors (Lipinski definition) is 3. The van der Waals surface area contributed by atoms with Crippen LogP contribution in [0.1, 0.15) is 25.7 Å². The quantitative estimate of drug-likeness (QED) is 0.852. The Balaban J connectivity index is 1.99. The van der Waals surface area contributed by atoms with Gasteiger partial charge in [-0.3, -0.25) is 4.79 Å². The number of benzene rings is 1. The van der Waals surface area contributed by atoms with Crippen molar-refractivity contribution in [2.45, 2.75) is 25.7 Å². The Morgan fingerprint density at radius 3 is 2.43 bits per heavy atom. The molecule has 3 rings (SSSR count). The molecule has 1 aromatic carbocycles. The number of para-hydroxylation sites is 2. The summed E-state index contributed by atoms with van der Waals surface area (Å²) in [6.45, 7) is 1.52. The minimum absolute atomic E-state index is 0.0908. The van der Waals surface area contributed by atoms with Gasteiger partial charge in [-0.05, 0) is 25.0 Å². The zero-order valence-electron chi connectivity index (χ0n) is 12.3. The Kier molecular flexibility index (Phi) is 3.61. The predicted molar refractivity (Wildman–Crippen MR) is 89.8 cm³/mol. The largest absolute Gasteiger partial charge is 0.392 e. The van der Waals surface area contributed by atoms with Crippen molar-refractivity contribution in [2.75, 3.05) is 29.9 Å². The van der Waals surface area contributed by atoms with Crippen LogP contribution in [0.25, 0.3) is 0 Å². The van der Waals surface area contributed by atoms with Crippen molar-refractivity contribution >= 4 is 34.5 Å². The first-order valence-corrected chi connectivity index (χ1v) is 7.89. The van der Waals surface area contributed by atoms with Gasteiger partial charge in [0.1, 0.15) is 0 Å². The maximum Gasteiger partial charge on any atom is 0.240 e. The molecule has 1 heterocycles. The molecule has 0 radical (unpaired) electrons. The summed E-state index contributed by atoms with van der Waals surface area (Å²) in [5.74, 6) is 0.0908. The molecule has 2 N–H and O–H groups in total. The van der Waals surface area contributed by atoms with Crippen LogP contribution in [0.2, 0.25) is 0 Å². The Morgan fingerprint density at radius 2 is 1.81 bits per heavy atom. The van der Waals surface area contributed by atoms with E-state index in [-0.39, 0.29) is 5.91 Å². The molecule has 0 unspecified atom stereocenters. The van der Waals surface area contributed by atoms with Gasteiger partial charge in [-0.1, -0.05) is 37.2 Å². The summed E-state index contributed by atoms with van der Waals surface area (Å²) in [5.41, 5.74) is 7.40. The van der Waals surface area contributed by atoms with E-state index in [0.717, 1.165) is 43.6 Å². The van der Waals surface area contributed by atoms with E-state index in [9.17, 15) is 4.79 Å². The summed E-state index contributed by atoms with van der Waals surface area (Å²) >= 11 is 5.25. The van der Waals surface area contributed by atoms with Crippen LogP contribution in [-0.4, -0.2) is 31.0 Å². The minimum atomic E-state index is -0.627. The number of thiocarbonyl (C=S) groups is 1. The molecule has 5 heteroatoms. The molecule has 0 aromatic heterocycles. The third-order valence-electron chi connectivity index (χ3n) is 4.83. The van der Waals surface area contributed by atoms with E-state index in [1.54, 1.807) is 0 Å². The third-order valence-corrected chi connectivity index (χ3v) is 5.22. The van der Waals surface area contributed by atoms with Gasteiger partial charge in [0.2, 0.25) is 5.91 Å². The summed E-state index contributed by atoms with van der Waals surface area (Å²) < 4.78 is 0. The van der Waals surface area contributed by atoms with E-state index >= 15 is 0 Å². The predicted octanol–water partition coefficient (Wildman–Crippen LogP) is 2.32. The van der Waals surface area contributed by atoms with Crippen LogP contribution in [0, 0.1) is 5.41 Å². The number of carbonyl (C=O) groups is 1. The number of fused-ring (bicyclic) bond motifs is 1. The zero-order valence-corrected chi connectivity index (χ0v) is 13.2. The molecule has 1 saturated carbocycles. The Bertz CT molecular complexity index is 581. The zero-order chi connectivity index (χ0) is 15.0. The summed E-state index contributed by atoms with van der Waals surface area (Å²) in [5, 5.41) is 0. The Labute approximate surface area is 130 Å². The molecule has 21 heavy (non-hydrogen) atoms. The topological polar surface area (TPSA) is 49.6 Å². The molecule has 112 valence electrons. The van der Waals surface area contributed by atoms with Crippen LogP contribution in [0.4, 0.5) is 11.4 Å². The van der Waals surface area contributed by atoms with E-state index in [4.69, 9.17) is 18.0 Å². The SMILES string of the molecule is CN1CCN(C(=O)C2(C(N)=S)CCCC2)c2ccccc21. The third kappa shape index (κ3) is 2.20. The average molecular weight is 303 g/mol. The van der Waals surface area contributed by atoms with Crippen molar-refractivity contribution in [3.05, 3.63) is 24.3 Å². The first kappa shape index (κ1) is 14.3. The molecule has 0 bridgehead atoms. The van der Waals surface area contributed by atoms with Crippen molar-refractivity contribution in [2.24, 2.45) is 11.1 Å². The maximum absolute atomic E-state index is 13.2. The number of rotatable bonds is 2. The van der Waals surface area contributed by atoms with Crippen LogP contribution in [0.5, 0.6) is 0 Å². The second kappa shape index (κ2) is 5.30. The van der Waals surface area contributed by atoms with E-state index < -0.39 is 5.41 Å². The Hall–Kier alpha value is -1.62. The fourth-order valence-electron chi connectivity index (χ4n) is 3.52. The van der Waals surface area contributed by atoms with Gasteiger partial charge < -0.3 is 15.5 Å². The highest BCUT2D eigenvalue weighted by Crippen LogP contribution is 2.43. The molecule has 1 amide bonds. The van der Waals surface area contributed by atoms with Gasteiger partial charge in [0.15, 0.2) is 0 Å². The van der Waals surface area contributed by atoms with Crippen LogP contribution < -0.4 is 15.5 Å². The second-order valence-electron chi connectivity index (χ2n) is 6.02. The summed E-state index contributed by atoms with van der Waals surface area (Å²) in [4.78, 5) is 17.6. The second-order valence-corrected chi connectivity index (χ2v) is 6.46. The molecule has 0 spiro atoms. The molecule has 0 atom stereocenters. The summed E-state index contributed by atoms with van der Waals surface area (Å²) in [7, 11) is 2.06. The fraction of sp³-hybridized carbons (Fsp3) is 0.500. The first-order chi connectivity index (χ1) is 10.1. The lowest BCUT2D eigenvalue weighted by molar-refractivity contribution is -0.124. The van der Waals surface area contributed by atoms with Gasteiger partial charge in [0, 0.05) is 20.1 Å². The number of nitrogens with zero attached hydrogens (tertiary/aromatic N) is 2. The van der Waals surface area contributed by atoms with Gasteiger partial charge in [-0.25, -0.2) is 0 Å². The monoisotopic (exact) mass is 303 g/mol. The van der Waals surface area contributed by atoms with E-state index in [1.165, 1.54) is 0 Å². The van der Waals surface area contributed by atoms with Crippen molar-refractivity contribution < 1.29 is 4.79 Å². The Morgan fingerprint density at radius 1 is 1.19 bits per heavy atom. The maximum atomic E-state index is 13.2. The highest BCUT2D eigenvalue weighted by molar-refractivity contribution is 7.80. The average Bonchev–Trinajstić information content (AvgIpc) is 2.98. The fourth-order valence-corrected chi connectivity index (χ4v) is 3.81. The van der Waals surface area contributed by atoms with Crippen molar-refractivity contribution in [1.29, 1.82) is 0 Å². The number of amides is 1. The molecule has 4 nitrogen and oxygen atoms in total. The molecule has 1 aliphatic carbocycles. The van der Waals surface area contributed by atoms with Crippen LogP contribution in [0.15, 0.2) is 24.3 Å². The van der Waals surface area contributed by atoms with Crippen LogP contribution in [-0.2, 0) is 4.79 Å². The highest BCUT2D eigenvalue weighted by Gasteiger charge is 2.47. The van der Waals surface area contributed by atoms with Crippen molar-refractivity contribution in [3.63, 3.8) is 0 Å². The summed E-state index contributed by atoms with van der Waals surface area (Å²) in [6, 6.07) is 8.03. The van der Waals surface area contributed by atoms with E-state index in [2.05, 4.69) is 18.0 Å². The summed E-state index contributed by atoms with van der Waals surface area (Å²) in [6.07, 6.45) is 3.63. The van der Waals surface area contributed by atoms with E-state index in [1.807, 2.05) is 23.1 Å². The van der Waals surface area contributed by atoms with Crippen molar-refractivity contribution in [3.8, 4) is 0 Å². The number of likely N-dealkylation sites (N-methyl/N-ethyl adjacent to an activating group) is 1. The van der Waals surface area contributed by atoms with Crippen LogP contribution in [0.3, 0.4) is 0 Å². The number of hydrogen-bond donors (Lipinski definition) is 1. The molecule has 1 fully saturated rings. The van der Waals surface area contributed by atoms with Gasteiger partial charge in [0.25, 0.3) is 0 Å². The normalized spacial score (nSPS) is 20.2. The molecule has 2 aliphatic rings. The first-order valence-electron chi connectivity index (χ1n) is 7.48. The number of nitrogens with two attached hydrogens (primary N) is 1. The lowest BCUT2D eigenvalue weighted by atomic mass is 9.84. The molecule has 1 aromatic rings. The molecular weight excluding hydrogens is 282 g/mol. The number of anilines is 2. The lowest BCUT2D eigenvalue weighted by Gasteiger charge is -2.40. The molecule has 1 aliphatic heterocycles. The van der Waals surface area contributed by atoms with Gasteiger partial charge >= 0.3 is 0 Å². The van der Waals surface area contributed by atoms with Gasteiger partial charge in [0.05, 0.1) is 21.8 Å².